The fraction of sp³-hybridized carbons (Fsp3) is 0.905. The Balaban J connectivity index is 1.42. The molecular formula is C21H37N3O3. The van der Waals surface area contributed by atoms with Crippen molar-refractivity contribution in [2.75, 3.05) is 32.8 Å². The zero-order chi connectivity index (χ0) is 19.2. The molecule has 0 bridgehead atoms. The maximum Gasteiger partial charge on any atom is 0.409 e. The molecule has 1 N–H and O–H groups in total. The summed E-state index contributed by atoms with van der Waals surface area (Å²) in [5, 5.41) is 3.32. The molecular weight excluding hydrogens is 342 g/mol. The summed E-state index contributed by atoms with van der Waals surface area (Å²) in [7, 11) is 0. The summed E-state index contributed by atoms with van der Waals surface area (Å²) in [6, 6.07) is 0.925. The minimum Gasteiger partial charge on any atom is -0.450 e. The molecule has 1 saturated carbocycles. The summed E-state index contributed by atoms with van der Waals surface area (Å²) < 4.78 is 5.15. The molecule has 1 aliphatic carbocycles. The van der Waals surface area contributed by atoms with Gasteiger partial charge in [0.2, 0.25) is 5.91 Å². The van der Waals surface area contributed by atoms with Crippen LogP contribution in [0.25, 0.3) is 0 Å². The van der Waals surface area contributed by atoms with Crippen LogP contribution < -0.4 is 5.32 Å². The lowest BCUT2D eigenvalue weighted by atomic mass is 9.93. The fourth-order valence-electron chi connectivity index (χ4n) is 5.03. The molecule has 27 heavy (non-hydrogen) atoms. The second kappa shape index (κ2) is 9.76. The highest BCUT2D eigenvalue weighted by atomic mass is 16.6. The van der Waals surface area contributed by atoms with Gasteiger partial charge in [0, 0.05) is 31.1 Å². The van der Waals surface area contributed by atoms with Crippen molar-refractivity contribution in [1.29, 1.82) is 0 Å². The van der Waals surface area contributed by atoms with Gasteiger partial charge in [-0.2, -0.15) is 0 Å². The van der Waals surface area contributed by atoms with Crippen molar-refractivity contribution in [3.05, 3.63) is 0 Å². The van der Waals surface area contributed by atoms with Crippen LogP contribution >= 0.6 is 0 Å². The van der Waals surface area contributed by atoms with Gasteiger partial charge in [0.05, 0.1) is 6.61 Å². The minimum absolute atomic E-state index is 0.172. The molecule has 3 aliphatic rings. The number of nitrogens with zero attached hydrogens (tertiary/aromatic N) is 2. The Kier molecular flexibility index (Phi) is 7.39. The van der Waals surface area contributed by atoms with Crippen LogP contribution in [-0.2, 0) is 9.53 Å². The number of ether oxygens (including phenoxy) is 1. The number of carbonyl (C=O) groups excluding carboxylic acids is 2. The van der Waals surface area contributed by atoms with E-state index in [0.717, 1.165) is 64.7 Å². The molecule has 3 rings (SSSR count). The molecule has 3 unspecified atom stereocenters. The highest BCUT2D eigenvalue weighted by Crippen LogP contribution is 2.27. The number of rotatable bonds is 4. The molecule has 3 fully saturated rings. The molecule has 6 heteroatoms. The second-order valence-corrected chi connectivity index (χ2v) is 8.60. The zero-order valence-electron chi connectivity index (χ0n) is 17.1. The lowest BCUT2D eigenvalue weighted by Crippen LogP contribution is -2.47. The third-order valence-corrected chi connectivity index (χ3v) is 6.83. The van der Waals surface area contributed by atoms with E-state index in [1.807, 2.05) is 11.8 Å². The molecule has 0 aromatic rings. The van der Waals surface area contributed by atoms with E-state index in [9.17, 15) is 9.59 Å². The first kappa shape index (κ1) is 20.4. The summed E-state index contributed by atoms with van der Waals surface area (Å²) in [5.41, 5.74) is 0. The molecule has 154 valence electrons. The Hall–Kier alpha value is -1.30. The van der Waals surface area contributed by atoms with Crippen LogP contribution in [0.1, 0.15) is 65.2 Å². The Morgan fingerprint density at radius 3 is 2.41 bits per heavy atom. The van der Waals surface area contributed by atoms with Gasteiger partial charge in [0.15, 0.2) is 0 Å². The van der Waals surface area contributed by atoms with E-state index in [1.165, 1.54) is 12.8 Å². The second-order valence-electron chi connectivity index (χ2n) is 8.60. The molecule has 2 aliphatic heterocycles. The molecule has 2 saturated heterocycles. The standard InChI is InChI=1S/C21H37N3O3/c1-3-27-21(26)24-12-5-7-18(11-15-24)23-13-9-17(10-14-23)20(25)22-19-8-4-6-16(19)2/h16-19H,3-15H2,1-2H3,(H,22,25). The minimum atomic E-state index is -0.172. The number of likely N-dealkylation sites (tertiary alicyclic amines) is 2. The molecule has 0 aromatic carbocycles. The Labute approximate surface area is 164 Å². The first-order valence-electron chi connectivity index (χ1n) is 11.0. The van der Waals surface area contributed by atoms with E-state index in [2.05, 4.69) is 17.1 Å². The predicted octanol–water partition coefficient (Wildman–Crippen LogP) is 3.01. The molecule has 0 aromatic heterocycles. The van der Waals surface area contributed by atoms with Gasteiger partial charge < -0.3 is 19.9 Å². The summed E-state index contributed by atoms with van der Waals surface area (Å²) in [6.45, 7) is 8.13. The molecule has 0 spiro atoms. The average molecular weight is 380 g/mol. The molecule has 2 amide bonds. The van der Waals surface area contributed by atoms with Gasteiger partial charge in [0.1, 0.15) is 0 Å². The number of amides is 2. The molecule has 2 heterocycles. The third-order valence-electron chi connectivity index (χ3n) is 6.83. The van der Waals surface area contributed by atoms with E-state index in [-0.39, 0.29) is 17.9 Å². The van der Waals surface area contributed by atoms with Crippen LogP contribution in [0.5, 0.6) is 0 Å². The van der Waals surface area contributed by atoms with Gasteiger partial charge in [-0.1, -0.05) is 13.3 Å². The third kappa shape index (κ3) is 5.37. The fourth-order valence-corrected chi connectivity index (χ4v) is 5.03. The van der Waals surface area contributed by atoms with Crippen LogP contribution in [-0.4, -0.2) is 66.7 Å². The number of hydrogen-bond acceptors (Lipinski definition) is 4. The maximum atomic E-state index is 12.6. The van der Waals surface area contributed by atoms with Crippen LogP contribution in [0.4, 0.5) is 4.79 Å². The van der Waals surface area contributed by atoms with Crippen molar-refractivity contribution in [3.63, 3.8) is 0 Å². The highest BCUT2D eigenvalue weighted by molar-refractivity contribution is 5.79. The first-order valence-corrected chi connectivity index (χ1v) is 11.0. The van der Waals surface area contributed by atoms with Crippen LogP contribution in [0.3, 0.4) is 0 Å². The molecule has 3 atom stereocenters. The lowest BCUT2D eigenvalue weighted by molar-refractivity contribution is -0.127. The summed E-state index contributed by atoms with van der Waals surface area (Å²) in [6.07, 6.45) is 8.56. The van der Waals surface area contributed by atoms with Crippen molar-refractivity contribution < 1.29 is 14.3 Å². The van der Waals surface area contributed by atoms with Gasteiger partial charge in [-0.25, -0.2) is 4.79 Å². The first-order chi connectivity index (χ1) is 13.1. The lowest BCUT2D eigenvalue weighted by Gasteiger charge is -2.37. The smallest absolute Gasteiger partial charge is 0.409 e. The molecule has 6 nitrogen and oxygen atoms in total. The number of hydrogen-bond donors (Lipinski definition) is 1. The highest BCUT2D eigenvalue weighted by Gasteiger charge is 2.32. The van der Waals surface area contributed by atoms with Crippen LogP contribution in [0.15, 0.2) is 0 Å². The number of carbonyl (C=O) groups is 2. The quantitative estimate of drug-likeness (QED) is 0.816. The van der Waals surface area contributed by atoms with E-state index >= 15 is 0 Å². The molecule has 0 radical (unpaired) electrons. The van der Waals surface area contributed by atoms with Crippen molar-refractivity contribution in [1.82, 2.24) is 15.1 Å². The van der Waals surface area contributed by atoms with Crippen molar-refractivity contribution in [2.24, 2.45) is 11.8 Å². The van der Waals surface area contributed by atoms with Gasteiger partial charge in [0.25, 0.3) is 0 Å². The van der Waals surface area contributed by atoms with Crippen molar-refractivity contribution >= 4 is 12.0 Å². The van der Waals surface area contributed by atoms with Gasteiger partial charge >= 0.3 is 6.09 Å². The van der Waals surface area contributed by atoms with E-state index < -0.39 is 0 Å². The largest absolute Gasteiger partial charge is 0.450 e. The predicted molar refractivity (Wildman–Crippen MR) is 105 cm³/mol. The van der Waals surface area contributed by atoms with Crippen LogP contribution in [0, 0.1) is 11.8 Å². The average Bonchev–Trinajstić information content (AvgIpc) is 2.93. The van der Waals surface area contributed by atoms with Gasteiger partial charge in [-0.15, -0.1) is 0 Å². The van der Waals surface area contributed by atoms with E-state index in [1.54, 1.807) is 0 Å². The topological polar surface area (TPSA) is 61.9 Å². The van der Waals surface area contributed by atoms with E-state index in [4.69, 9.17) is 4.74 Å². The Morgan fingerprint density at radius 2 is 1.74 bits per heavy atom. The van der Waals surface area contributed by atoms with Gasteiger partial charge in [-0.3, -0.25) is 4.79 Å². The Bertz CT molecular complexity index is 505. The number of nitrogens with one attached hydrogen (secondary N) is 1. The van der Waals surface area contributed by atoms with Crippen molar-refractivity contribution in [3.8, 4) is 0 Å². The van der Waals surface area contributed by atoms with Crippen molar-refractivity contribution in [2.45, 2.75) is 77.3 Å². The number of piperidine rings is 1. The SMILES string of the molecule is CCOC(=O)N1CCCC(N2CCC(C(=O)NC3CCCC3C)CC2)CC1. The van der Waals surface area contributed by atoms with Gasteiger partial charge in [-0.05, 0) is 70.9 Å². The zero-order valence-corrected chi connectivity index (χ0v) is 17.1. The monoisotopic (exact) mass is 379 g/mol. The summed E-state index contributed by atoms with van der Waals surface area (Å²) in [4.78, 5) is 29.0. The maximum absolute atomic E-state index is 12.6. The van der Waals surface area contributed by atoms with Crippen LogP contribution in [0.2, 0.25) is 0 Å². The van der Waals surface area contributed by atoms with E-state index in [0.29, 0.717) is 24.6 Å². The normalized spacial score (nSPS) is 30.7. The summed E-state index contributed by atoms with van der Waals surface area (Å²) >= 11 is 0. The Morgan fingerprint density at radius 1 is 0.963 bits per heavy atom. The summed E-state index contributed by atoms with van der Waals surface area (Å²) in [5.74, 6) is 1.08.